The van der Waals surface area contributed by atoms with Crippen LogP contribution in [0.5, 0.6) is 0 Å². The Morgan fingerprint density at radius 2 is 2.20 bits per heavy atom. The molecule has 1 aromatic heterocycles. The first-order valence-electron chi connectivity index (χ1n) is 7.11. The molecule has 1 aliphatic heterocycles. The molecular formula is C16H20N2OS. The van der Waals surface area contributed by atoms with E-state index in [9.17, 15) is 0 Å². The number of aryl methyl sites for hydroxylation is 1. The standard InChI is InChI=1S/C16H20N2OS/c1-12-15(20-11-18-12)10-17-9-14-7-8-19-16(14)13-5-3-2-4-6-13/h2-6,11,14,16-17H,7-10H2,1H3/t14-,16-/m1/s1. The third-order valence-corrected chi connectivity index (χ3v) is 4.81. The van der Waals surface area contributed by atoms with E-state index in [0.29, 0.717) is 5.92 Å². The minimum Gasteiger partial charge on any atom is -0.373 e. The van der Waals surface area contributed by atoms with E-state index in [-0.39, 0.29) is 6.10 Å². The molecule has 3 rings (SSSR count). The lowest BCUT2D eigenvalue weighted by atomic mass is 9.95. The summed E-state index contributed by atoms with van der Waals surface area (Å²) in [5, 5.41) is 3.56. The van der Waals surface area contributed by atoms with Crippen LogP contribution in [0.3, 0.4) is 0 Å². The molecule has 2 aromatic rings. The summed E-state index contributed by atoms with van der Waals surface area (Å²) in [7, 11) is 0. The summed E-state index contributed by atoms with van der Waals surface area (Å²) in [6, 6.07) is 10.6. The number of nitrogens with one attached hydrogen (secondary N) is 1. The highest BCUT2D eigenvalue weighted by molar-refractivity contribution is 7.09. The molecule has 2 atom stereocenters. The fraction of sp³-hybridized carbons (Fsp3) is 0.438. The molecule has 0 radical (unpaired) electrons. The fourth-order valence-electron chi connectivity index (χ4n) is 2.72. The van der Waals surface area contributed by atoms with Crippen LogP contribution in [-0.2, 0) is 11.3 Å². The van der Waals surface area contributed by atoms with E-state index in [1.165, 1.54) is 10.4 Å². The SMILES string of the molecule is Cc1ncsc1CNC[C@H]1CCO[C@@H]1c1ccccc1. The van der Waals surface area contributed by atoms with Gasteiger partial charge >= 0.3 is 0 Å². The van der Waals surface area contributed by atoms with Gasteiger partial charge in [0.2, 0.25) is 0 Å². The van der Waals surface area contributed by atoms with Crippen molar-refractivity contribution in [3.8, 4) is 0 Å². The van der Waals surface area contributed by atoms with Crippen molar-refractivity contribution in [3.05, 3.63) is 52.0 Å². The Bertz CT molecular complexity index is 540. The quantitative estimate of drug-likeness (QED) is 0.916. The molecule has 0 saturated carbocycles. The van der Waals surface area contributed by atoms with Crippen molar-refractivity contribution in [2.45, 2.75) is 26.0 Å². The molecule has 3 nitrogen and oxygen atoms in total. The van der Waals surface area contributed by atoms with Crippen molar-refractivity contribution in [2.75, 3.05) is 13.2 Å². The minimum absolute atomic E-state index is 0.242. The highest BCUT2D eigenvalue weighted by atomic mass is 32.1. The zero-order chi connectivity index (χ0) is 13.8. The van der Waals surface area contributed by atoms with Crippen molar-refractivity contribution in [1.82, 2.24) is 10.3 Å². The first-order chi connectivity index (χ1) is 9.84. The molecule has 0 spiro atoms. The van der Waals surface area contributed by atoms with E-state index in [1.807, 2.05) is 5.51 Å². The van der Waals surface area contributed by atoms with Crippen molar-refractivity contribution in [3.63, 3.8) is 0 Å². The van der Waals surface area contributed by atoms with Gasteiger partial charge in [0.25, 0.3) is 0 Å². The lowest BCUT2D eigenvalue weighted by molar-refractivity contribution is 0.0904. The average molecular weight is 288 g/mol. The van der Waals surface area contributed by atoms with E-state index in [1.54, 1.807) is 11.3 Å². The van der Waals surface area contributed by atoms with Gasteiger partial charge in [0.05, 0.1) is 17.3 Å². The molecule has 1 aliphatic rings. The van der Waals surface area contributed by atoms with E-state index in [0.717, 1.165) is 31.8 Å². The number of nitrogens with zero attached hydrogens (tertiary/aromatic N) is 1. The Morgan fingerprint density at radius 1 is 1.35 bits per heavy atom. The highest BCUT2D eigenvalue weighted by Crippen LogP contribution is 2.33. The monoisotopic (exact) mass is 288 g/mol. The predicted octanol–water partition coefficient (Wildman–Crippen LogP) is 3.32. The third kappa shape index (κ3) is 3.08. The van der Waals surface area contributed by atoms with Gasteiger partial charge in [-0.1, -0.05) is 30.3 Å². The lowest BCUT2D eigenvalue weighted by Crippen LogP contribution is -2.24. The van der Waals surface area contributed by atoms with Crippen LogP contribution < -0.4 is 5.32 Å². The maximum atomic E-state index is 5.91. The van der Waals surface area contributed by atoms with Crippen LogP contribution in [-0.4, -0.2) is 18.1 Å². The van der Waals surface area contributed by atoms with Crippen molar-refractivity contribution < 1.29 is 4.74 Å². The lowest BCUT2D eigenvalue weighted by Gasteiger charge is -2.19. The topological polar surface area (TPSA) is 34.2 Å². The normalized spacial score (nSPS) is 22.2. The van der Waals surface area contributed by atoms with Gasteiger partial charge in [-0.3, -0.25) is 0 Å². The van der Waals surface area contributed by atoms with Gasteiger partial charge in [-0.2, -0.15) is 0 Å². The number of hydrogen-bond donors (Lipinski definition) is 1. The number of ether oxygens (including phenoxy) is 1. The minimum atomic E-state index is 0.242. The molecule has 1 saturated heterocycles. The number of aromatic nitrogens is 1. The summed E-state index contributed by atoms with van der Waals surface area (Å²) in [6.07, 6.45) is 1.38. The molecule has 1 N–H and O–H groups in total. The Morgan fingerprint density at radius 3 is 2.95 bits per heavy atom. The smallest absolute Gasteiger partial charge is 0.0866 e. The first kappa shape index (κ1) is 13.7. The molecule has 1 fully saturated rings. The Kier molecular flexibility index (Phi) is 4.45. The second-order valence-electron chi connectivity index (χ2n) is 5.24. The second kappa shape index (κ2) is 6.48. The number of thiazole rings is 1. The van der Waals surface area contributed by atoms with Gasteiger partial charge < -0.3 is 10.1 Å². The van der Waals surface area contributed by atoms with Crippen LogP contribution in [0.4, 0.5) is 0 Å². The van der Waals surface area contributed by atoms with Crippen LogP contribution in [0.25, 0.3) is 0 Å². The average Bonchev–Trinajstić information content (AvgIpc) is 3.10. The van der Waals surface area contributed by atoms with Crippen LogP contribution in [0.2, 0.25) is 0 Å². The van der Waals surface area contributed by atoms with Crippen LogP contribution in [0, 0.1) is 12.8 Å². The van der Waals surface area contributed by atoms with Gasteiger partial charge in [0.15, 0.2) is 0 Å². The van der Waals surface area contributed by atoms with Gasteiger partial charge in [0, 0.05) is 30.5 Å². The molecule has 0 bridgehead atoms. The second-order valence-corrected chi connectivity index (χ2v) is 6.18. The van der Waals surface area contributed by atoms with Crippen LogP contribution in [0.1, 0.15) is 28.7 Å². The third-order valence-electron chi connectivity index (χ3n) is 3.88. The summed E-state index contributed by atoms with van der Waals surface area (Å²) in [5.41, 5.74) is 4.35. The fourth-order valence-corrected chi connectivity index (χ4v) is 3.47. The number of hydrogen-bond acceptors (Lipinski definition) is 4. The molecule has 0 unspecified atom stereocenters. The molecule has 0 aliphatic carbocycles. The predicted molar refractivity (Wildman–Crippen MR) is 81.8 cm³/mol. The summed E-state index contributed by atoms with van der Waals surface area (Å²) in [4.78, 5) is 5.62. The van der Waals surface area contributed by atoms with E-state index >= 15 is 0 Å². The van der Waals surface area contributed by atoms with Crippen LogP contribution >= 0.6 is 11.3 Å². The van der Waals surface area contributed by atoms with Crippen LogP contribution in [0.15, 0.2) is 35.8 Å². The zero-order valence-electron chi connectivity index (χ0n) is 11.7. The van der Waals surface area contributed by atoms with E-state index in [4.69, 9.17) is 4.74 Å². The summed E-state index contributed by atoms with van der Waals surface area (Å²) < 4.78 is 5.91. The largest absolute Gasteiger partial charge is 0.373 e. The summed E-state index contributed by atoms with van der Waals surface area (Å²) >= 11 is 1.72. The first-order valence-corrected chi connectivity index (χ1v) is 7.99. The number of rotatable bonds is 5. The van der Waals surface area contributed by atoms with Crippen molar-refractivity contribution in [1.29, 1.82) is 0 Å². The summed E-state index contributed by atoms with van der Waals surface area (Å²) in [6.45, 7) is 4.84. The molecule has 4 heteroatoms. The zero-order valence-corrected chi connectivity index (χ0v) is 12.5. The van der Waals surface area contributed by atoms with E-state index in [2.05, 4.69) is 47.6 Å². The van der Waals surface area contributed by atoms with E-state index < -0.39 is 0 Å². The Balaban J connectivity index is 1.56. The maximum Gasteiger partial charge on any atom is 0.0866 e. The molecule has 0 amide bonds. The Labute approximate surface area is 124 Å². The van der Waals surface area contributed by atoms with Crippen molar-refractivity contribution >= 4 is 11.3 Å². The van der Waals surface area contributed by atoms with Gasteiger partial charge in [-0.15, -0.1) is 11.3 Å². The molecule has 20 heavy (non-hydrogen) atoms. The van der Waals surface area contributed by atoms with Gasteiger partial charge in [0.1, 0.15) is 0 Å². The molecular weight excluding hydrogens is 268 g/mol. The molecule has 2 heterocycles. The van der Waals surface area contributed by atoms with Crippen molar-refractivity contribution in [2.24, 2.45) is 5.92 Å². The molecule has 106 valence electrons. The molecule has 1 aromatic carbocycles. The Hall–Kier alpha value is -1.23. The van der Waals surface area contributed by atoms with Gasteiger partial charge in [-0.25, -0.2) is 4.98 Å². The van der Waals surface area contributed by atoms with Gasteiger partial charge in [-0.05, 0) is 18.9 Å². The summed E-state index contributed by atoms with van der Waals surface area (Å²) in [5.74, 6) is 0.561. The maximum absolute atomic E-state index is 5.91. The number of benzene rings is 1. The highest BCUT2D eigenvalue weighted by Gasteiger charge is 2.29.